The normalized spacial score (nSPS) is 15.6. The lowest BCUT2D eigenvalue weighted by Gasteiger charge is -2.12. The first-order chi connectivity index (χ1) is 9.16. The van der Waals surface area contributed by atoms with Crippen molar-refractivity contribution in [1.29, 1.82) is 0 Å². The van der Waals surface area contributed by atoms with E-state index in [1.165, 1.54) is 25.1 Å². The van der Waals surface area contributed by atoms with E-state index in [1.807, 2.05) is 0 Å². The van der Waals surface area contributed by atoms with Crippen LogP contribution < -0.4 is 11.1 Å². The van der Waals surface area contributed by atoms with Crippen molar-refractivity contribution in [3.8, 4) is 0 Å². The first kappa shape index (κ1) is 13.6. The maximum atomic E-state index is 10.7. The van der Waals surface area contributed by atoms with Gasteiger partial charge in [-0.25, -0.2) is 9.78 Å². The lowest BCUT2D eigenvalue weighted by Crippen LogP contribution is -2.16. The average Bonchev–Trinajstić information content (AvgIpc) is 2.89. The van der Waals surface area contributed by atoms with Gasteiger partial charge in [-0.3, -0.25) is 0 Å². The fourth-order valence-corrected chi connectivity index (χ4v) is 2.20. The molecule has 0 aliphatic heterocycles. The van der Waals surface area contributed by atoms with Crippen molar-refractivity contribution in [2.75, 3.05) is 24.2 Å². The second kappa shape index (κ2) is 6.38. The summed E-state index contributed by atoms with van der Waals surface area (Å²) in [4.78, 5) is 14.7. The van der Waals surface area contributed by atoms with Crippen LogP contribution in [0.15, 0.2) is 12.3 Å². The molecule has 1 aromatic heterocycles. The number of hydrogen-bond donors (Lipinski definition) is 3. The van der Waals surface area contributed by atoms with Gasteiger partial charge in [-0.15, -0.1) is 0 Å². The Hall–Kier alpha value is -1.82. The summed E-state index contributed by atoms with van der Waals surface area (Å²) < 4.78 is 5.70. The molecule has 6 nitrogen and oxygen atoms in total. The first-order valence-electron chi connectivity index (χ1n) is 6.51. The zero-order chi connectivity index (χ0) is 13.7. The van der Waals surface area contributed by atoms with Crippen molar-refractivity contribution < 1.29 is 14.6 Å². The third kappa shape index (κ3) is 3.82. The molecule has 0 radical (unpaired) electrons. The Morgan fingerprint density at radius 2 is 2.26 bits per heavy atom. The number of aromatic carboxylic acids is 1. The highest BCUT2D eigenvalue weighted by Crippen LogP contribution is 2.21. The third-order valence-corrected chi connectivity index (χ3v) is 3.21. The van der Waals surface area contributed by atoms with Gasteiger partial charge in [-0.2, -0.15) is 0 Å². The predicted molar refractivity (Wildman–Crippen MR) is 72.3 cm³/mol. The number of carboxylic acids is 1. The van der Waals surface area contributed by atoms with Crippen molar-refractivity contribution in [2.45, 2.75) is 31.8 Å². The molecule has 0 unspecified atom stereocenters. The smallest absolute Gasteiger partial charge is 0.337 e. The maximum absolute atomic E-state index is 10.7. The minimum atomic E-state index is -1.03. The highest BCUT2D eigenvalue weighted by atomic mass is 16.5. The van der Waals surface area contributed by atoms with Gasteiger partial charge < -0.3 is 20.9 Å². The number of hydrogen-bond acceptors (Lipinski definition) is 5. The zero-order valence-electron chi connectivity index (χ0n) is 10.8. The molecule has 0 atom stereocenters. The van der Waals surface area contributed by atoms with Crippen molar-refractivity contribution >= 4 is 17.5 Å². The number of nitrogens with one attached hydrogen (secondary N) is 1. The largest absolute Gasteiger partial charge is 0.478 e. The summed E-state index contributed by atoms with van der Waals surface area (Å²) in [5.41, 5.74) is 6.16. The van der Waals surface area contributed by atoms with Crippen LogP contribution in [0.25, 0.3) is 0 Å². The van der Waals surface area contributed by atoms with Gasteiger partial charge in [0.1, 0.15) is 5.82 Å². The number of nitrogens with two attached hydrogens (primary N) is 1. The van der Waals surface area contributed by atoms with Crippen LogP contribution in [0.2, 0.25) is 0 Å². The van der Waals surface area contributed by atoms with Crippen LogP contribution in [0.4, 0.5) is 11.5 Å². The molecule has 4 N–H and O–H groups in total. The maximum Gasteiger partial charge on any atom is 0.337 e. The Morgan fingerprint density at radius 1 is 1.53 bits per heavy atom. The van der Waals surface area contributed by atoms with E-state index in [0.717, 1.165) is 12.8 Å². The van der Waals surface area contributed by atoms with Crippen LogP contribution in [-0.2, 0) is 4.74 Å². The molecule has 0 amide bonds. The molecule has 1 heterocycles. The number of carboxylic acid groups (broad SMARTS) is 1. The van der Waals surface area contributed by atoms with Crippen LogP contribution in [0, 0.1) is 0 Å². The van der Waals surface area contributed by atoms with Crippen LogP contribution in [0.3, 0.4) is 0 Å². The van der Waals surface area contributed by atoms with Crippen LogP contribution in [0.5, 0.6) is 0 Å². The number of nitrogens with zero attached hydrogens (tertiary/aromatic N) is 1. The van der Waals surface area contributed by atoms with Crippen LogP contribution in [-0.4, -0.2) is 35.3 Å². The van der Waals surface area contributed by atoms with Crippen molar-refractivity contribution in [3.63, 3.8) is 0 Å². The van der Waals surface area contributed by atoms with E-state index >= 15 is 0 Å². The Labute approximate surface area is 112 Å². The molecule has 1 aliphatic rings. The number of ether oxygens (including phenoxy) is 1. The van der Waals surface area contributed by atoms with E-state index < -0.39 is 5.97 Å². The summed E-state index contributed by atoms with van der Waals surface area (Å²) in [6, 6.07) is 1.40. The van der Waals surface area contributed by atoms with Gasteiger partial charge in [0, 0.05) is 12.7 Å². The highest BCUT2D eigenvalue weighted by Gasteiger charge is 2.14. The first-order valence-corrected chi connectivity index (χ1v) is 6.51. The predicted octanol–water partition coefficient (Wildman–Crippen LogP) is 1.73. The number of aromatic nitrogens is 1. The van der Waals surface area contributed by atoms with Crippen LogP contribution in [0.1, 0.15) is 36.0 Å². The van der Waals surface area contributed by atoms with Gasteiger partial charge >= 0.3 is 5.97 Å². The van der Waals surface area contributed by atoms with Crippen molar-refractivity contribution in [3.05, 3.63) is 17.8 Å². The van der Waals surface area contributed by atoms with E-state index in [9.17, 15) is 4.79 Å². The second-order valence-electron chi connectivity index (χ2n) is 4.67. The molecule has 6 heteroatoms. The molecule has 0 aromatic carbocycles. The third-order valence-electron chi connectivity index (χ3n) is 3.21. The van der Waals surface area contributed by atoms with Gasteiger partial charge in [0.05, 0.1) is 24.0 Å². The lowest BCUT2D eigenvalue weighted by atomic mass is 10.2. The summed E-state index contributed by atoms with van der Waals surface area (Å²) in [6.07, 6.45) is 6.48. The van der Waals surface area contributed by atoms with Gasteiger partial charge in [0.25, 0.3) is 0 Å². The molecule has 0 bridgehead atoms. The Bertz CT molecular complexity index is 445. The lowest BCUT2D eigenvalue weighted by molar-refractivity contribution is 0.0658. The van der Waals surface area contributed by atoms with Crippen molar-refractivity contribution in [2.24, 2.45) is 0 Å². The van der Waals surface area contributed by atoms with E-state index in [4.69, 9.17) is 15.6 Å². The zero-order valence-corrected chi connectivity index (χ0v) is 10.8. The molecule has 1 aliphatic carbocycles. The molecule has 1 fully saturated rings. The summed E-state index contributed by atoms with van der Waals surface area (Å²) in [5, 5.41) is 11.8. The molecule has 0 spiro atoms. The minimum Gasteiger partial charge on any atom is -0.478 e. The molecular formula is C13H19N3O3. The number of rotatable bonds is 6. The Morgan fingerprint density at radius 3 is 2.89 bits per heavy atom. The molecule has 2 rings (SSSR count). The molecule has 1 aromatic rings. The molecule has 104 valence electrons. The van der Waals surface area contributed by atoms with E-state index in [-0.39, 0.29) is 5.56 Å². The standard InChI is InChI=1S/C13H19N3O3/c14-11-7-9(13(17)18)8-16-12(11)15-5-6-19-10-3-1-2-4-10/h7-8,10H,1-6,14H2,(H,15,16)(H,17,18). The Balaban J connectivity index is 1.77. The Kier molecular flexibility index (Phi) is 4.57. The second-order valence-corrected chi connectivity index (χ2v) is 4.67. The van der Waals surface area contributed by atoms with E-state index in [1.54, 1.807) is 0 Å². The molecule has 0 saturated heterocycles. The van der Waals surface area contributed by atoms with Crippen molar-refractivity contribution in [1.82, 2.24) is 4.98 Å². The number of anilines is 2. The molecule has 19 heavy (non-hydrogen) atoms. The number of nitrogen functional groups attached to an aromatic ring is 1. The van der Waals surface area contributed by atoms with E-state index in [0.29, 0.717) is 30.8 Å². The summed E-state index contributed by atoms with van der Waals surface area (Å²) in [7, 11) is 0. The molecular weight excluding hydrogens is 246 g/mol. The fraction of sp³-hybridized carbons (Fsp3) is 0.538. The highest BCUT2D eigenvalue weighted by molar-refractivity contribution is 5.89. The summed E-state index contributed by atoms with van der Waals surface area (Å²) >= 11 is 0. The van der Waals surface area contributed by atoms with Gasteiger partial charge in [-0.05, 0) is 18.9 Å². The average molecular weight is 265 g/mol. The number of carbonyl (C=O) groups is 1. The minimum absolute atomic E-state index is 0.0882. The molecule has 1 saturated carbocycles. The van der Waals surface area contributed by atoms with Gasteiger partial charge in [0.15, 0.2) is 0 Å². The quantitative estimate of drug-likeness (QED) is 0.678. The topological polar surface area (TPSA) is 97.5 Å². The monoisotopic (exact) mass is 265 g/mol. The van der Waals surface area contributed by atoms with Crippen LogP contribution >= 0.6 is 0 Å². The van der Waals surface area contributed by atoms with Gasteiger partial charge in [-0.1, -0.05) is 12.8 Å². The van der Waals surface area contributed by atoms with Gasteiger partial charge in [0.2, 0.25) is 0 Å². The fourth-order valence-electron chi connectivity index (χ4n) is 2.20. The summed E-state index contributed by atoms with van der Waals surface area (Å²) in [5.74, 6) is -0.532. The van der Waals surface area contributed by atoms with E-state index in [2.05, 4.69) is 10.3 Å². The number of pyridine rings is 1. The summed E-state index contributed by atoms with van der Waals surface area (Å²) in [6.45, 7) is 1.21. The SMILES string of the molecule is Nc1cc(C(=O)O)cnc1NCCOC1CCCC1.